The van der Waals surface area contributed by atoms with E-state index in [2.05, 4.69) is 77.9 Å². The lowest BCUT2D eigenvalue weighted by Gasteiger charge is -2.35. The van der Waals surface area contributed by atoms with Crippen molar-refractivity contribution < 1.29 is 33.4 Å². The first-order valence-electron chi connectivity index (χ1n) is 27.2. The van der Waals surface area contributed by atoms with Crippen LogP contribution in [0.3, 0.4) is 0 Å². The lowest BCUT2D eigenvalue weighted by atomic mass is 9.98. The van der Waals surface area contributed by atoms with Crippen LogP contribution in [0.15, 0.2) is 68.0 Å². The largest absolute Gasteiger partial charge is 0.444 e. The van der Waals surface area contributed by atoms with Crippen molar-refractivity contribution in [3.8, 4) is 27.2 Å². The molecule has 0 saturated carbocycles. The number of nitrogen functional groups attached to an aromatic ring is 2. The highest BCUT2D eigenvalue weighted by Crippen LogP contribution is 2.49. The van der Waals surface area contributed by atoms with Gasteiger partial charge in [0.2, 0.25) is 0 Å². The van der Waals surface area contributed by atoms with E-state index < -0.39 is 16.8 Å². The number of carbonyl (C=O) groups excluding carboxylic acids is 4. The molecule has 24 heteroatoms. The third-order valence-corrected chi connectivity index (χ3v) is 20.2. The summed E-state index contributed by atoms with van der Waals surface area (Å²) in [6, 6.07) is 20.2. The summed E-state index contributed by atoms with van der Waals surface area (Å²) in [6.45, 7) is 24.4. The molecule has 1 fully saturated rings. The summed E-state index contributed by atoms with van der Waals surface area (Å²) in [5, 5.41) is 12.8. The van der Waals surface area contributed by atoms with Crippen LogP contribution in [0.2, 0.25) is 0 Å². The Morgan fingerprint density at radius 2 is 1.05 bits per heavy atom. The van der Waals surface area contributed by atoms with E-state index in [9.17, 15) is 19.2 Å². The number of nitrogens with zero attached hydrogens (tertiary/aromatic N) is 7. The van der Waals surface area contributed by atoms with Crippen LogP contribution in [0.5, 0.6) is 0 Å². The number of carbonyl (C=O) groups is 4. The molecule has 16 nitrogen and oxygen atoms in total. The van der Waals surface area contributed by atoms with E-state index in [0.29, 0.717) is 38.9 Å². The number of benzene rings is 3. The smallest absolute Gasteiger partial charge is 0.410 e. The van der Waals surface area contributed by atoms with Crippen LogP contribution in [0.25, 0.3) is 51.8 Å². The average molecular weight is 1440 g/mol. The number of halogens is 3. The molecule has 8 aromatic rings. The average Bonchev–Trinajstić information content (AvgIpc) is 1.77. The van der Waals surface area contributed by atoms with Crippen molar-refractivity contribution in [3.05, 3.63) is 93.9 Å². The van der Waals surface area contributed by atoms with E-state index in [4.69, 9.17) is 40.9 Å². The fraction of sp³-hybridized carbons (Fsp3) is 0.443. The molecule has 454 valence electrons. The number of nitrogens with two attached hydrogens (primary N) is 2. The van der Waals surface area contributed by atoms with Gasteiger partial charge >= 0.3 is 18.3 Å². The van der Waals surface area contributed by atoms with Crippen LogP contribution in [-0.4, -0.2) is 95.7 Å². The van der Waals surface area contributed by atoms with Crippen molar-refractivity contribution >= 4 is 169 Å². The van der Waals surface area contributed by atoms with Gasteiger partial charge in [-0.3, -0.25) is 4.79 Å². The maximum Gasteiger partial charge on any atom is 0.410 e. The molecular formula is C61H72Br3N9O7S5. The molecule has 0 radical (unpaired) electrons. The summed E-state index contributed by atoms with van der Waals surface area (Å²) >= 11 is 18.4. The number of aromatic nitrogens is 3. The zero-order valence-corrected chi connectivity index (χ0v) is 57.7. The third-order valence-electron chi connectivity index (χ3n) is 13.3. The number of thiophene rings is 2. The van der Waals surface area contributed by atoms with E-state index in [1.807, 2.05) is 119 Å². The SMILES string of the molecule is C.CC1CC(=O)CCN1C(=O)OC(C)(C)C.CC1Cc2c(sc(N)c2-c2nc3cc(Br)ccc3s2)CN1C(=O)OC(C)(C)C.CC1c2sc(N)c(-c3nc4cc(Br)ccc4s3)c2CCN1C(=O)OC(C)(C)C.N#CCc1nc2cc(Br)ccc2s1. The predicted molar refractivity (Wildman–Crippen MR) is 360 cm³/mol. The number of ketones is 1. The Labute approximate surface area is 542 Å². The molecule has 3 aliphatic rings. The molecule has 5 aromatic heterocycles. The summed E-state index contributed by atoms with van der Waals surface area (Å²) in [7, 11) is 0. The molecule has 0 bridgehead atoms. The lowest BCUT2D eigenvalue weighted by Crippen LogP contribution is -2.46. The van der Waals surface area contributed by atoms with Gasteiger partial charge in [0, 0.05) is 72.3 Å². The quantitative estimate of drug-likeness (QED) is 0.157. The zero-order chi connectivity index (χ0) is 61.3. The Bertz CT molecular complexity index is 3780. The van der Waals surface area contributed by atoms with Gasteiger partial charge in [0.1, 0.15) is 37.6 Å². The molecule has 3 aromatic carbocycles. The normalized spacial score (nSPS) is 16.8. The van der Waals surface area contributed by atoms with Gasteiger partial charge in [-0.1, -0.05) is 55.2 Å². The molecule has 3 atom stereocenters. The third kappa shape index (κ3) is 16.9. The molecule has 85 heavy (non-hydrogen) atoms. The number of hydrogen-bond acceptors (Lipinski definition) is 18. The van der Waals surface area contributed by atoms with E-state index in [0.717, 1.165) is 103 Å². The lowest BCUT2D eigenvalue weighted by molar-refractivity contribution is -0.122. The monoisotopic (exact) mass is 1440 g/mol. The van der Waals surface area contributed by atoms with Crippen LogP contribution >= 0.6 is 104 Å². The van der Waals surface area contributed by atoms with Crippen LogP contribution in [-0.2, 0) is 44.8 Å². The van der Waals surface area contributed by atoms with Crippen LogP contribution in [0.4, 0.5) is 24.4 Å². The second kappa shape index (κ2) is 27.4. The second-order valence-corrected chi connectivity index (χ2v) is 31.7. The highest BCUT2D eigenvalue weighted by atomic mass is 79.9. The highest BCUT2D eigenvalue weighted by Gasteiger charge is 2.37. The van der Waals surface area contributed by atoms with Crippen LogP contribution in [0, 0.1) is 11.3 Å². The highest BCUT2D eigenvalue weighted by molar-refractivity contribution is 9.11. The molecule has 0 aliphatic carbocycles. The first-order chi connectivity index (χ1) is 39.3. The topological polar surface area (TPSA) is 220 Å². The summed E-state index contributed by atoms with van der Waals surface area (Å²) in [5.41, 5.74) is 18.8. The van der Waals surface area contributed by atoms with Crippen molar-refractivity contribution in [2.24, 2.45) is 0 Å². The number of ether oxygens (including phenoxy) is 3. The number of amides is 3. The fourth-order valence-electron chi connectivity index (χ4n) is 9.56. The number of nitriles is 1. The van der Waals surface area contributed by atoms with Gasteiger partial charge < -0.3 is 40.4 Å². The second-order valence-electron chi connectivity index (χ2n) is 23.5. The first-order valence-corrected chi connectivity index (χ1v) is 33.7. The zero-order valence-electron chi connectivity index (χ0n) is 48.9. The molecule has 3 amide bonds. The fourth-order valence-corrected chi connectivity index (χ4v) is 16.0. The van der Waals surface area contributed by atoms with Gasteiger partial charge in [0.15, 0.2) is 0 Å². The van der Waals surface area contributed by atoms with Gasteiger partial charge in [0.25, 0.3) is 0 Å². The standard InChI is InChI=1S/2C20H22BrN3O2S2.C11H19NO3.C9H5BrN2S.CH4/c1-10-7-12-15(9-24(10)19(25)26-20(2,3)4)27-17(22)16(12)18-23-13-8-11(21)5-6-14(13)28-18;1-10-16-12(7-8-24(10)19(25)26-20(2,3)4)15(17(22)28-16)18-23-13-9-11(21)5-6-14(13)27-18;1-8-7-9(13)5-6-12(8)10(14)15-11(2,3)4;10-6-1-2-8-7(5-6)12-9(13-8)3-4-11;/h5-6,8,10H,7,9,22H2,1-4H3;5-6,9-10H,7-8,22H2,1-4H3;8H,5-7H2,1-4H3;1-2,5H,3H2;1H4. The van der Waals surface area contributed by atoms with Crippen LogP contribution < -0.4 is 11.5 Å². The number of likely N-dealkylation sites (tertiary alicyclic amines) is 1. The van der Waals surface area contributed by atoms with E-state index >= 15 is 0 Å². The molecule has 11 rings (SSSR count). The van der Waals surface area contributed by atoms with E-state index in [1.54, 1.807) is 71.4 Å². The Morgan fingerprint density at radius 1 is 0.612 bits per heavy atom. The molecule has 4 N–H and O–H groups in total. The van der Waals surface area contributed by atoms with Crippen molar-refractivity contribution in [2.75, 3.05) is 24.6 Å². The number of thiazole rings is 3. The first kappa shape index (κ1) is 67.3. The van der Waals surface area contributed by atoms with Crippen molar-refractivity contribution in [2.45, 2.75) is 164 Å². The number of piperidine rings is 1. The molecular weight excluding hydrogens is 1370 g/mol. The van der Waals surface area contributed by atoms with Gasteiger partial charge in [-0.05, 0) is 162 Å². The minimum Gasteiger partial charge on any atom is -0.444 e. The molecule has 8 heterocycles. The van der Waals surface area contributed by atoms with Crippen molar-refractivity contribution in [1.82, 2.24) is 29.7 Å². The van der Waals surface area contributed by atoms with Gasteiger partial charge in [0.05, 0.1) is 65.7 Å². The maximum atomic E-state index is 12.6. The van der Waals surface area contributed by atoms with Crippen molar-refractivity contribution in [3.63, 3.8) is 0 Å². The summed E-state index contributed by atoms with van der Waals surface area (Å²) in [5.74, 6) is 0.224. The molecule has 0 spiro atoms. The summed E-state index contributed by atoms with van der Waals surface area (Å²) in [6.07, 6.45) is 1.93. The van der Waals surface area contributed by atoms with Gasteiger partial charge in [-0.15, -0.1) is 56.7 Å². The number of anilines is 2. The van der Waals surface area contributed by atoms with Crippen molar-refractivity contribution in [1.29, 1.82) is 5.26 Å². The Morgan fingerprint density at radius 3 is 1.54 bits per heavy atom. The van der Waals surface area contributed by atoms with E-state index in [1.165, 1.54) is 11.1 Å². The molecule has 1 saturated heterocycles. The number of fused-ring (bicyclic) bond motifs is 5. The van der Waals surface area contributed by atoms with Gasteiger partial charge in [-0.25, -0.2) is 29.3 Å². The molecule has 3 aliphatic heterocycles. The summed E-state index contributed by atoms with van der Waals surface area (Å²) in [4.78, 5) is 69.5. The van der Waals surface area contributed by atoms with Crippen LogP contribution in [0.1, 0.15) is 135 Å². The minimum absolute atomic E-state index is 0. The number of Topliss-reactive ketones (excluding diaryl/α,β-unsaturated/α-hetero) is 1. The predicted octanol–water partition coefficient (Wildman–Crippen LogP) is 18.0. The Hall–Kier alpha value is -5.26. The van der Waals surface area contributed by atoms with Gasteiger partial charge in [-0.2, -0.15) is 5.26 Å². The number of hydrogen-bond donors (Lipinski definition) is 2. The maximum absolute atomic E-state index is 12.6. The summed E-state index contributed by atoms with van der Waals surface area (Å²) < 4.78 is 22.9. The van der Waals surface area contributed by atoms with E-state index in [-0.39, 0.29) is 49.6 Å². The Balaban J connectivity index is 0.000000170. The molecule has 3 unspecified atom stereocenters. The number of rotatable bonds is 3. The minimum atomic E-state index is -0.508. The Kier molecular flexibility index (Phi) is 21.7.